The molecule has 0 aromatic heterocycles. The van der Waals surface area contributed by atoms with Gasteiger partial charge in [-0.2, -0.15) is 0 Å². The Balaban J connectivity index is 2.35. The SMILES string of the molecule is O=C(O)[C@H]1C[Se]CN1. The molecule has 4 heteroatoms. The molecule has 1 atom stereocenters. The number of aliphatic carboxylic acids is 1. The number of carboxylic acids is 1. The Morgan fingerprint density at radius 1 is 1.88 bits per heavy atom. The molecule has 1 aliphatic rings. The summed E-state index contributed by atoms with van der Waals surface area (Å²) < 4.78 is 0. The van der Waals surface area contributed by atoms with Crippen molar-refractivity contribution < 1.29 is 9.90 Å². The van der Waals surface area contributed by atoms with Gasteiger partial charge in [0.05, 0.1) is 0 Å². The van der Waals surface area contributed by atoms with Crippen molar-refractivity contribution in [1.29, 1.82) is 0 Å². The molecule has 1 aliphatic heterocycles. The van der Waals surface area contributed by atoms with Crippen LogP contribution in [-0.2, 0) is 4.79 Å². The van der Waals surface area contributed by atoms with E-state index in [1.807, 2.05) is 0 Å². The van der Waals surface area contributed by atoms with Crippen LogP contribution in [0.2, 0.25) is 5.32 Å². The minimum absolute atomic E-state index is 0.241. The van der Waals surface area contributed by atoms with E-state index in [0.717, 1.165) is 10.8 Å². The Labute approximate surface area is 53.6 Å². The second-order valence-electron chi connectivity index (χ2n) is 1.61. The van der Waals surface area contributed by atoms with Crippen LogP contribution in [0.4, 0.5) is 0 Å². The Morgan fingerprint density at radius 2 is 2.62 bits per heavy atom. The summed E-state index contributed by atoms with van der Waals surface area (Å²) in [5.74, 6) is -0.704. The summed E-state index contributed by atoms with van der Waals surface area (Å²) in [6.45, 7) is 0. The zero-order chi connectivity index (χ0) is 5.98. The second kappa shape index (κ2) is 2.48. The molecule has 1 rings (SSSR count). The molecule has 0 spiro atoms. The molecule has 0 aliphatic carbocycles. The summed E-state index contributed by atoms with van der Waals surface area (Å²) in [4.78, 5) is 10.1. The summed E-state index contributed by atoms with van der Waals surface area (Å²) in [7, 11) is 0. The zero-order valence-electron chi connectivity index (χ0n) is 4.26. The molecule has 0 unspecified atom stereocenters. The molecule has 2 N–H and O–H groups in total. The maximum atomic E-state index is 10.1. The molecule has 0 amide bonds. The molecule has 0 aromatic rings. The van der Waals surface area contributed by atoms with Crippen LogP contribution in [0.1, 0.15) is 0 Å². The second-order valence-corrected chi connectivity index (χ2v) is 3.77. The Morgan fingerprint density at radius 3 is 2.88 bits per heavy atom. The molecule has 1 heterocycles. The fourth-order valence-electron chi connectivity index (χ4n) is 0.554. The molecule has 0 radical (unpaired) electrons. The Kier molecular flexibility index (Phi) is 1.89. The third kappa shape index (κ3) is 1.22. The first-order chi connectivity index (χ1) is 3.80. The van der Waals surface area contributed by atoms with Gasteiger partial charge in [-0.1, -0.05) is 0 Å². The number of nitrogens with one attached hydrogen (secondary N) is 1. The molecule has 8 heavy (non-hydrogen) atoms. The zero-order valence-corrected chi connectivity index (χ0v) is 5.97. The first-order valence-corrected chi connectivity index (χ1v) is 4.77. The van der Waals surface area contributed by atoms with Crippen molar-refractivity contribution in [1.82, 2.24) is 5.32 Å². The quantitative estimate of drug-likeness (QED) is 0.515. The average molecular weight is 180 g/mol. The van der Waals surface area contributed by atoms with Crippen molar-refractivity contribution in [2.75, 3.05) is 5.44 Å². The van der Waals surface area contributed by atoms with Gasteiger partial charge >= 0.3 is 52.9 Å². The fraction of sp³-hybridized carbons (Fsp3) is 0.750. The predicted octanol–water partition coefficient (Wildman–Crippen LogP) is -0.877. The van der Waals surface area contributed by atoms with Crippen molar-refractivity contribution in [3.05, 3.63) is 0 Å². The van der Waals surface area contributed by atoms with E-state index >= 15 is 0 Å². The van der Waals surface area contributed by atoms with Gasteiger partial charge in [0, 0.05) is 0 Å². The van der Waals surface area contributed by atoms with Crippen LogP contribution in [0.25, 0.3) is 0 Å². The van der Waals surface area contributed by atoms with Gasteiger partial charge in [-0.3, -0.25) is 0 Å². The molecule has 0 aromatic carbocycles. The van der Waals surface area contributed by atoms with Crippen LogP contribution in [0.15, 0.2) is 0 Å². The normalized spacial score (nSPS) is 28.2. The molecule has 3 nitrogen and oxygen atoms in total. The van der Waals surface area contributed by atoms with Crippen molar-refractivity contribution in [3.8, 4) is 0 Å². The summed E-state index contributed by atoms with van der Waals surface area (Å²) in [5.41, 5.74) is 0.921. The van der Waals surface area contributed by atoms with E-state index in [9.17, 15) is 4.79 Å². The van der Waals surface area contributed by atoms with Gasteiger partial charge in [-0.05, 0) is 0 Å². The minimum atomic E-state index is -0.704. The fourth-order valence-corrected chi connectivity index (χ4v) is 2.51. The van der Waals surface area contributed by atoms with Crippen LogP contribution >= 0.6 is 0 Å². The third-order valence-electron chi connectivity index (χ3n) is 1.01. The van der Waals surface area contributed by atoms with Crippen molar-refractivity contribution in [3.63, 3.8) is 0 Å². The van der Waals surface area contributed by atoms with E-state index in [0.29, 0.717) is 15.0 Å². The first kappa shape index (κ1) is 6.08. The molecular formula is C4H7NO2Se. The number of hydrogen-bond acceptors (Lipinski definition) is 2. The summed E-state index contributed by atoms with van der Waals surface area (Å²) in [6.07, 6.45) is 0. The van der Waals surface area contributed by atoms with E-state index in [2.05, 4.69) is 5.32 Å². The van der Waals surface area contributed by atoms with Crippen LogP contribution in [0.5, 0.6) is 0 Å². The van der Waals surface area contributed by atoms with E-state index in [1.165, 1.54) is 0 Å². The van der Waals surface area contributed by atoms with Crippen molar-refractivity contribution in [2.24, 2.45) is 0 Å². The molecule has 46 valence electrons. The predicted molar refractivity (Wildman–Crippen MR) is 30.0 cm³/mol. The van der Waals surface area contributed by atoms with Gasteiger partial charge in [0.15, 0.2) is 0 Å². The van der Waals surface area contributed by atoms with Gasteiger partial charge < -0.3 is 0 Å². The monoisotopic (exact) mass is 181 g/mol. The van der Waals surface area contributed by atoms with E-state index < -0.39 is 5.97 Å². The summed E-state index contributed by atoms with van der Waals surface area (Å²) in [5, 5.41) is 12.1. The summed E-state index contributed by atoms with van der Waals surface area (Å²) >= 11 is 0.531. The van der Waals surface area contributed by atoms with Gasteiger partial charge in [-0.15, -0.1) is 0 Å². The Hall–Kier alpha value is -0.0505. The van der Waals surface area contributed by atoms with Crippen LogP contribution in [0.3, 0.4) is 0 Å². The van der Waals surface area contributed by atoms with Gasteiger partial charge in [0.1, 0.15) is 0 Å². The third-order valence-corrected chi connectivity index (χ3v) is 2.99. The number of rotatable bonds is 1. The van der Waals surface area contributed by atoms with Gasteiger partial charge in [0.2, 0.25) is 0 Å². The number of hydrogen-bond donors (Lipinski definition) is 2. The van der Waals surface area contributed by atoms with Crippen LogP contribution < -0.4 is 5.32 Å². The molecule has 1 saturated heterocycles. The van der Waals surface area contributed by atoms with E-state index in [1.54, 1.807) is 0 Å². The van der Waals surface area contributed by atoms with Crippen LogP contribution in [-0.4, -0.2) is 37.5 Å². The van der Waals surface area contributed by atoms with Gasteiger partial charge in [-0.25, -0.2) is 0 Å². The molecule has 0 bridgehead atoms. The van der Waals surface area contributed by atoms with Gasteiger partial charge in [0.25, 0.3) is 0 Å². The van der Waals surface area contributed by atoms with Crippen LogP contribution in [0, 0.1) is 0 Å². The standard InChI is InChI=1S/C4H7NO2Se/c6-4(7)3-1-8-2-5-3/h3,5H,1-2H2,(H,6,7)/t3-/m1/s1. The maximum absolute atomic E-state index is 10.1. The number of carboxylic acid groups (broad SMARTS) is 1. The molecule has 1 fully saturated rings. The summed E-state index contributed by atoms with van der Waals surface area (Å²) in [6, 6.07) is -0.241. The topological polar surface area (TPSA) is 49.3 Å². The van der Waals surface area contributed by atoms with E-state index in [4.69, 9.17) is 5.11 Å². The van der Waals surface area contributed by atoms with Crippen molar-refractivity contribution in [2.45, 2.75) is 11.4 Å². The Bertz CT molecular complexity index is 100. The van der Waals surface area contributed by atoms with Crippen molar-refractivity contribution >= 4 is 20.9 Å². The average Bonchev–Trinajstić information content (AvgIpc) is 2.12. The first-order valence-electron chi connectivity index (χ1n) is 2.34. The number of carbonyl (C=O) groups is 1. The molecule has 0 saturated carbocycles. The van der Waals surface area contributed by atoms with E-state index in [-0.39, 0.29) is 6.04 Å². The molecular weight excluding hydrogens is 173 g/mol.